The minimum atomic E-state index is -1.10. The Hall–Kier alpha value is -4.33. The molecule has 0 amide bonds. The molecule has 8 heteroatoms. The molecule has 0 aromatic carbocycles. The standard InChI is InChI=1S/C32H36N4O4/c1-8-19-16(5)23-11-22-14(3)15(4)30(35-22)21(10-28(37)38)31-29(32(39)40)18(7)25(36-31)13-27-20(9-2)17(6)24(34-27)12-26(19)33-23/h8,11-15,27,33-34,36H,1,9-10H2,2-7H3,(H,37,38)(H,39,40)/b22-11-,24-12?,25-13-,31-21-. The van der Waals surface area contributed by atoms with Gasteiger partial charge in [-0.1, -0.05) is 33.4 Å². The maximum Gasteiger partial charge on any atom is 0.338 e. The monoisotopic (exact) mass is 540 g/mol. The topological polar surface area (TPSA) is 131 Å². The van der Waals surface area contributed by atoms with E-state index in [0.29, 0.717) is 27.5 Å². The minimum absolute atomic E-state index is 0.00324. The largest absolute Gasteiger partial charge is 0.481 e. The highest BCUT2D eigenvalue weighted by molar-refractivity contribution is 6.24. The molecule has 8 nitrogen and oxygen atoms in total. The molecule has 0 saturated heterocycles. The van der Waals surface area contributed by atoms with Crippen molar-refractivity contribution in [2.24, 2.45) is 16.8 Å². The third-order valence-electron chi connectivity index (χ3n) is 8.78. The molecule has 3 unspecified atom stereocenters. The Morgan fingerprint density at radius 3 is 2.40 bits per heavy atom. The lowest BCUT2D eigenvalue weighted by Crippen LogP contribution is -2.28. The zero-order valence-corrected chi connectivity index (χ0v) is 23.8. The van der Waals surface area contributed by atoms with E-state index in [2.05, 4.69) is 48.7 Å². The summed E-state index contributed by atoms with van der Waals surface area (Å²) in [4.78, 5) is 36.5. The minimum Gasteiger partial charge on any atom is -0.481 e. The maximum atomic E-state index is 12.6. The van der Waals surface area contributed by atoms with Gasteiger partial charge in [0.25, 0.3) is 0 Å². The molecule has 5 N–H and O–H groups in total. The van der Waals surface area contributed by atoms with E-state index in [1.165, 1.54) is 5.57 Å². The van der Waals surface area contributed by atoms with Crippen LogP contribution in [0.5, 0.6) is 0 Å². The molecular formula is C32H36N4O4. The first-order valence-corrected chi connectivity index (χ1v) is 13.7. The summed E-state index contributed by atoms with van der Waals surface area (Å²) in [5.74, 6) is -2.26. The van der Waals surface area contributed by atoms with E-state index in [1.807, 2.05) is 32.1 Å². The Bertz CT molecular complexity index is 1720. The smallest absolute Gasteiger partial charge is 0.338 e. The normalized spacial score (nSPS) is 25.4. The quantitative estimate of drug-likeness (QED) is 0.380. The average Bonchev–Trinajstić information content (AvgIpc) is 3.56. The van der Waals surface area contributed by atoms with Crippen molar-refractivity contribution in [3.63, 3.8) is 0 Å². The molecule has 3 aliphatic rings. The number of aromatic carboxylic acids is 1. The molecule has 0 spiro atoms. The lowest BCUT2D eigenvalue weighted by atomic mass is 9.87. The highest BCUT2D eigenvalue weighted by Crippen LogP contribution is 2.37. The molecule has 0 aliphatic carbocycles. The lowest BCUT2D eigenvalue weighted by molar-refractivity contribution is -0.135. The van der Waals surface area contributed by atoms with E-state index >= 15 is 0 Å². The summed E-state index contributed by atoms with van der Waals surface area (Å²) in [6.45, 7) is 16.2. The number of H-pyrrole nitrogens is 2. The fourth-order valence-corrected chi connectivity index (χ4v) is 6.25. The Morgan fingerprint density at radius 1 is 1.05 bits per heavy atom. The summed E-state index contributed by atoms with van der Waals surface area (Å²) in [5.41, 5.74) is 9.71. The molecule has 3 atom stereocenters. The van der Waals surface area contributed by atoms with Gasteiger partial charge in [0.1, 0.15) is 0 Å². The van der Waals surface area contributed by atoms with Crippen LogP contribution in [0.4, 0.5) is 0 Å². The summed E-state index contributed by atoms with van der Waals surface area (Å²) < 4.78 is 0. The van der Waals surface area contributed by atoms with Crippen LogP contribution >= 0.6 is 0 Å². The molecule has 5 rings (SSSR count). The number of allylic oxidation sites excluding steroid dienone is 2. The number of nitrogens with zero attached hydrogens (tertiary/aromatic N) is 1. The molecule has 8 bridgehead atoms. The Kier molecular flexibility index (Phi) is 6.82. The molecule has 2 aromatic heterocycles. The number of nitrogens with one attached hydrogen (secondary N) is 3. The van der Waals surface area contributed by atoms with Crippen LogP contribution in [0.25, 0.3) is 29.9 Å². The van der Waals surface area contributed by atoms with Gasteiger partial charge in [-0.15, -0.1) is 0 Å². The first kappa shape index (κ1) is 27.2. The van der Waals surface area contributed by atoms with E-state index in [1.54, 1.807) is 6.92 Å². The van der Waals surface area contributed by atoms with Crippen LogP contribution in [-0.4, -0.2) is 43.9 Å². The Balaban J connectivity index is 1.93. The van der Waals surface area contributed by atoms with Crippen LogP contribution in [-0.2, 0) is 4.79 Å². The van der Waals surface area contributed by atoms with Crippen molar-refractivity contribution in [1.82, 2.24) is 15.3 Å². The fraction of sp³-hybridized carbons (Fsp3) is 0.344. The summed E-state index contributed by atoms with van der Waals surface area (Å²) in [5, 5.41) is 24.8. The molecule has 0 radical (unpaired) electrons. The third-order valence-corrected chi connectivity index (χ3v) is 8.78. The summed E-state index contributed by atoms with van der Waals surface area (Å²) in [6, 6.07) is -0.157. The van der Waals surface area contributed by atoms with Gasteiger partial charge in [0, 0.05) is 51.1 Å². The number of carbonyl (C=O) groups is 2. The van der Waals surface area contributed by atoms with E-state index in [9.17, 15) is 19.8 Å². The second kappa shape index (κ2) is 10.0. The number of rotatable bonds is 5. The number of aromatic nitrogens is 2. The molecule has 0 fully saturated rings. The van der Waals surface area contributed by atoms with Gasteiger partial charge in [-0.3, -0.25) is 9.79 Å². The molecule has 3 aliphatic heterocycles. The number of hydrogen-bond acceptors (Lipinski definition) is 4. The van der Waals surface area contributed by atoms with Crippen molar-refractivity contribution in [3.8, 4) is 0 Å². The number of carboxylic acids is 2. The van der Waals surface area contributed by atoms with E-state index < -0.39 is 11.9 Å². The Labute approximate surface area is 233 Å². The zero-order valence-electron chi connectivity index (χ0n) is 23.8. The van der Waals surface area contributed by atoms with Crippen LogP contribution < -0.4 is 16.0 Å². The summed E-state index contributed by atoms with van der Waals surface area (Å²) >= 11 is 0. The lowest BCUT2D eigenvalue weighted by Gasteiger charge is -2.14. The first-order valence-electron chi connectivity index (χ1n) is 13.7. The maximum absolute atomic E-state index is 12.6. The van der Waals surface area contributed by atoms with E-state index in [0.717, 1.165) is 45.9 Å². The van der Waals surface area contributed by atoms with Crippen molar-refractivity contribution in [1.29, 1.82) is 0 Å². The van der Waals surface area contributed by atoms with Crippen LogP contribution in [0.15, 0.2) is 34.1 Å². The molecule has 0 saturated carbocycles. The van der Waals surface area contributed by atoms with Gasteiger partial charge in [-0.05, 0) is 67.7 Å². The summed E-state index contributed by atoms with van der Waals surface area (Å²) in [7, 11) is 0. The van der Waals surface area contributed by atoms with Gasteiger partial charge in [-0.25, -0.2) is 4.79 Å². The van der Waals surface area contributed by atoms with Crippen LogP contribution in [0.2, 0.25) is 0 Å². The molecular weight excluding hydrogens is 504 g/mol. The van der Waals surface area contributed by atoms with Gasteiger partial charge in [0.15, 0.2) is 0 Å². The van der Waals surface area contributed by atoms with Crippen molar-refractivity contribution >= 4 is 47.5 Å². The number of aromatic amines is 2. The van der Waals surface area contributed by atoms with Gasteiger partial charge >= 0.3 is 11.9 Å². The number of carboxylic acid groups (broad SMARTS) is 2. The molecule has 40 heavy (non-hydrogen) atoms. The van der Waals surface area contributed by atoms with Gasteiger partial charge in [-0.2, -0.15) is 0 Å². The fourth-order valence-electron chi connectivity index (χ4n) is 6.25. The van der Waals surface area contributed by atoms with Crippen molar-refractivity contribution in [2.45, 2.75) is 60.4 Å². The molecule has 208 valence electrons. The van der Waals surface area contributed by atoms with Gasteiger partial charge in [0.2, 0.25) is 0 Å². The number of hydrogen-bond donors (Lipinski definition) is 5. The highest BCUT2D eigenvalue weighted by atomic mass is 16.4. The first-order chi connectivity index (χ1) is 19.0. The molecule has 5 heterocycles. The predicted molar refractivity (Wildman–Crippen MR) is 159 cm³/mol. The Morgan fingerprint density at radius 2 is 1.77 bits per heavy atom. The van der Waals surface area contributed by atoms with Crippen molar-refractivity contribution in [2.75, 3.05) is 0 Å². The van der Waals surface area contributed by atoms with Crippen LogP contribution in [0.3, 0.4) is 0 Å². The third kappa shape index (κ3) is 4.28. The molecule has 2 aromatic rings. The number of fused-ring (bicyclic) bond motifs is 7. The zero-order chi connectivity index (χ0) is 29.0. The number of aliphatic carboxylic acids is 1. The van der Waals surface area contributed by atoms with Crippen molar-refractivity contribution < 1.29 is 19.8 Å². The SMILES string of the molecule is C=Cc1c2[nH]c(c1C)/C=C1N=C(/C(CC(=O)O)=c3\[nH]/c(c(C)c3C(=O)O)=C\C3NC(=C2)C(C)=C3CC)C(C)C\1C. The average molecular weight is 541 g/mol. The summed E-state index contributed by atoms with van der Waals surface area (Å²) in [6.07, 6.45) is 8.46. The number of aliphatic imine (C=N–C) groups is 1. The van der Waals surface area contributed by atoms with Crippen molar-refractivity contribution in [3.05, 3.63) is 73.5 Å². The van der Waals surface area contributed by atoms with E-state index in [4.69, 9.17) is 4.99 Å². The second-order valence-electron chi connectivity index (χ2n) is 11.0. The van der Waals surface area contributed by atoms with E-state index in [-0.39, 0.29) is 29.9 Å². The van der Waals surface area contributed by atoms with Crippen LogP contribution in [0.1, 0.15) is 79.0 Å². The highest BCUT2D eigenvalue weighted by Gasteiger charge is 2.33. The second-order valence-corrected chi connectivity index (χ2v) is 11.0. The van der Waals surface area contributed by atoms with Gasteiger partial charge in [0.05, 0.1) is 29.1 Å². The van der Waals surface area contributed by atoms with Gasteiger partial charge < -0.3 is 25.5 Å². The predicted octanol–water partition coefficient (Wildman–Crippen LogP) is 4.53. The van der Waals surface area contributed by atoms with Crippen LogP contribution in [0, 0.1) is 25.7 Å².